The van der Waals surface area contributed by atoms with Crippen molar-refractivity contribution in [1.82, 2.24) is 9.78 Å². The Morgan fingerprint density at radius 1 is 1.21 bits per heavy atom. The van der Waals surface area contributed by atoms with E-state index in [9.17, 15) is 23.1 Å². The number of alkyl halides is 3. The first-order chi connectivity index (χ1) is 15.5. The number of aliphatic hydroxyl groups excluding tert-OH is 1. The Morgan fingerprint density at radius 3 is 2.42 bits per heavy atom. The number of carbonyl (C=O) groups is 1. The van der Waals surface area contributed by atoms with Gasteiger partial charge < -0.3 is 15.7 Å². The van der Waals surface area contributed by atoms with E-state index >= 15 is 0 Å². The summed E-state index contributed by atoms with van der Waals surface area (Å²) in [5, 5.41) is 19.0. The number of nitrogens with one attached hydrogen (secondary N) is 2. The van der Waals surface area contributed by atoms with Crippen molar-refractivity contribution < 1.29 is 23.1 Å². The highest BCUT2D eigenvalue weighted by Crippen LogP contribution is 2.46. The predicted molar refractivity (Wildman–Crippen MR) is 120 cm³/mol. The Kier molecular flexibility index (Phi) is 6.11. The SMILES string of the molecule is Cc1ccc([C@@H]2C[C@@H](C(F)(F)F)n3nc(C(=O)Nc4ccc([C@H](C)O)cc4)c(Cl)c3N2)cc1. The number of hydrogen-bond acceptors (Lipinski definition) is 4. The van der Waals surface area contributed by atoms with E-state index in [1.54, 1.807) is 43.3 Å². The van der Waals surface area contributed by atoms with Crippen molar-refractivity contribution in [2.45, 2.75) is 44.6 Å². The van der Waals surface area contributed by atoms with Crippen molar-refractivity contribution in [2.75, 3.05) is 10.6 Å². The molecule has 1 aliphatic rings. The molecule has 1 aliphatic heterocycles. The van der Waals surface area contributed by atoms with Crippen LogP contribution in [0.25, 0.3) is 0 Å². The van der Waals surface area contributed by atoms with Crippen molar-refractivity contribution >= 4 is 29.0 Å². The molecule has 0 radical (unpaired) electrons. The van der Waals surface area contributed by atoms with Crippen LogP contribution in [0.3, 0.4) is 0 Å². The normalized spacial score (nSPS) is 18.9. The second-order valence-corrected chi connectivity index (χ2v) is 8.49. The first-order valence-corrected chi connectivity index (χ1v) is 10.7. The molecule has 0 saturated heterocycles. The second kappa shape index (κ2) is 8.72. The van der Waals surface area contributed by atoms with Gasteiger partial charge >= 0.3 is 6.18 Å². The molecule has 2 aromatic carbocycles. The number of nitrogens with zero attached hydrogens (tertiary/aromatic N) is 2. The fourth-order valence-corrected chi connectivity index (χ4v) is 4.05. The number of halogens is 4. The van der Waals surface area contributed by atoms with Crippen molar-refractivity contribution in [1.29, 1.82) is 0 Å². The molecule has 6 nitrogen and oxygen atoms in total. The van der Waals surface area contributed by atoms with E-state index in [1.165, 1.54) is 0 Å². The zero-order valence-corrected chi connectivity index (χ0v) is 18.6. The first kappa shape index (κ1) is 23.1. The van der Waals surface area contributed by atoms with Crippen LogP contribution < -0.4 is 10.6 Å². The highest BCUT2D eigenvalue weighted by Gasteiger charge is 2.47. The summed E-state index contributed by atoms with van der Waals surface area (Å²) < 4.78 is 42.5. The van der Waals surface area contributed by atoms with Crippen molar-refractivity contribution in [3.63, 3.8) is 0 Å². The van der Waals surface area contributed by atoms with Gasteiger partial charge in [-0.15, -0.1) is 0 Å². The Hall–Kier alpha value is -3.04. The molecule has 3 N–H and O–H groups in total. The average Bonchev–Trinajstić information content (AvgIpc) is 3.10. The van der Waals surface area contributed by atoms with Crippen LogP contribution in [0.1, 0.15) is 58.7 Å². The van der Waals surface area contributed by atoms with E-state index in [0.717, 1.165) is 10.2 Å². The number of rotatable bonds is 4. The highest BCUT2D eigenvalue weighted by molar-refractivity contribution is 6.36. The lowest BCUT2D eigenvalue weighted by Gasteiger charge is -2.33. The number of hydrogen-bond donors (Lipinski definition) is 3. The lowest BCUT2D eigenvalue weighted by Crippen LogP contribution is -2.35. The molecular formula is C23H22ClF3N4O2. The van der Waals surface area contributed by atoms with Crippen LogP contribution in [-0.2, 0) is 0 Å². The van der Waals surface area contributed by atoms with Crippen molar-refractivity contribution in [3.8, 4) is 0 Å². The van der Waals surface area contributed by atoms with Crippen LogP contribution in [0.4, 0.5) is 24.7 Å². The molecule has 174 valence electrons. The Bertz CT molecular complexity index is 1160. The summed E-state index contributed by atoms with van der Waals surface area (Å²) >= 11 is 6.36. The zero-order valence-electron chi connectivity index (χ0n) is 17.8. The molecule has 0 saturated carbocycles. The summed E-state index contributed by atoms with van der Waals surface area (Å²) in [6, 6.07) is 11.0. The molecule has 33 heavy (non-hydrogen) atoms. The highest BCUT2D eigenvalue weighted by atomic mass is 35.5. The van der Waals surface area contributed by atoms with Crippen LogP contribution in [0.15, 0.2) is 48.5 Å². The van der Waals surface area contributed by atoms with Gasteiger partial charge in [-0.1, -0.05) is 53.6 Å². The van der Waals surface area contributed by atoms with Gasteiger partial charge in [0, 0.05) is 12.1 Å². The molecule has 4 rings (SSSR count). The zero-order chi connectivity index (χ0) is 23.9. The van der Waals surface area contributed by atoms with Gasteiger partial charge in [0.25, 0.3) is 5.91 Å². The fourth-order valence-electron chi connectivity index (χ4n) is 3.79. The number of carbonyl (C=O) groups excluding carboxylic acids is 1. The smallest absolute Gasteiger partial charge is 0.389 e. The molecule has 2 heterocycles. The molecule has 3 aromatic rings. The molecular weight excluding hydrogens is 457 g/mol. The molecule has 0 spiro atoms. The molecule has 0 unspecified atom stereocenters. The van der Waals surface area contributed by atoms with E-state index in [2.05, 4.69) is 15.7 Å². The van der Waals surface area contributed by atoms with Gasteiger partial charge in [0.05, 0.1) is 12.1 Å². The number of benzene rings is 2. The van der Waals surface area contributed by atoms with E-state index in [4.69, 9.17) is 11.6 Å². The molecule has 0 fully saturated rings. The number of fused-ring (bicyclic) bond motifs is 1. The molecule has 0 aliphatic carbocycles. The average molecular weight is 479 g/mol. The van der Waals surface area contributed by atoms with Gasteiger partial charge in [-0.2, -0.15) is 18.3 Å². The summed E-state index contributed by atoms with van der Waals surface area (Å²) in [5.74, 6) is -0.785. The third kappa shape index (κ3) is 4.69. The second-order valence-electron chi connectivity index (χ2n) is 8.11. The van der Waals surface area contributed by atoms with Gasteiger partial charge in [0.1, 0.15) is 10.8 Å². The summed E-state index contributed by atoms with van der Waals surface area (Å²) in [6.45, 7) is 3.50. The maximum absolute atomic E-state index is 13.9. The van der Waals surface area contributed by atoms with Crippen LogP contribution in [0.2, 0.25) is 5.02 Å². The molecule has 1 aromatic heterocycles. The number of aromatic nitrogens is 2. The summed E-state index contributed by atoms with van der Waals surface area (Å²) in [6.07, 6.45) is -5.55. The molecule has 3 atom stereocenters. The van der Waals surface area contributed by atoms with E-state index in [1.807, 2.05) is 19.1 Å². The van der Waals surface area contributed by atoms with Crippen LogP contribution >= 0.6 is 11.6 Å². The molecule has 0 bridgehead atoms. The minimum atomic E-state index is -4.58. The first-order valence-electron chi connectivity index (χ1n) is 10.3. The number of aryl methyl sites for hydroxylation is 1. The lowest BCUT2D eigenvalue weighted by molar-refractivity contribution is -0.173. The van der Waals surface area contributed by atoms with Crippen LogP contribution in [-0.4, -0.2) is 27.0 Å². The standard InChI is InChI=1S/C23H22ClF3N4O2/c1-12-3-5-15(6-4-12)17-11-18(23(25,26)27)31-21(29-17)19(24)20(30-31)22(33)28-16-9-7-14(8-10-16)13(2)32/h3-10,13,17-18,29,32H,11H2,1-2H3,(H,28,33)/t13-,17-,18-/m0/s1. The van der Waals surface area contributed by atoms with Crippen LogP contribution in [0, 0.1) is 6.92 Å². The van der Waals surface area contributed by atoms with Crippen molar-refractivity contribution in [3.05, 3.63) is 75.9 Å². The maximum Gasteiger partial charge on any atom is 0.410 e. The monoisotopic (exact) mass is 478 g/mol. The number of amides is 1. The van der Waals surface area contributed by atoms with Gasteiger partial charge in [-0.3, -0.25) is 4.79 Å². The topological polar surface area (TPSA) is 79.2 Å². The lowest BCUT2D eigenvalue weighted by atomic mass is 9.96. The van der Waals surface area contributed by atoms with E-state index in [-0.39, 0.29) is 23.0 Å². The summed E-state index contributed by atoms with van der Waals surface area (Å²) in [4.78, 5) is 12.8. The predicted octanol–water partition coefficient (Wildman–Crippen LogP) is 5.81. The summed E-state index contributed by atoms with van der Waals surface area (Å²) in [7, 11) is 0. The Morgan fingerprint density at radius 2 is 1.85 bits per heavy atom. The number of aliphatic hydroxyl groups is 1. The Balaban J connectivity index is 1.65. The van der Waals surface area contributed by atoms with Gasteiger partial charge in [0.2, 0.25) is 0 Å². The van der Waals surface area contributed by atoms with E-state index < -0.39 is 30.3 Å². The van der Waals surface area contributed by atoms with Gasteiger partial charge in [-0.25, -0.2) is 4.68 Å². The number of anilines is 2. The molecule has 10 heteroatoms. The quantitative estimate of drug-likeness (QED) is 0.442. The minimum Gasteiger partial charge on any atom is -0.389 e. The largest absolute Gasteiger partial charge is 0.410 e. The minimum absolute atomic E-state index is 0.0505. The van der Waals surface area contributed by atoms with Crippen molar-refractivity contribution in [2.24, 2.45) is 0 Å². The van der Waals surface area contributed by atoms with Gasteiger partial charge in [-0.05, 0) is 37.1 Å². The van der Waals surface area contributed by atoms with Crippen LogP contribution in [0.5, 0.6) is 0 Å². The summed E-state index contributed by atoms with van der Waals surface area (Å²) in [5.41, 5.74) is 2.41. The van der Waals surface area contributed by atoms with Gasteiger partial charge in [0.15, 0.2) is 11.7 Å². The third-order valence-corrected chi connectivity index (χ3v) is 6.00. The molecule has 1 amide bonds. The Labute approximate surface area is 193 Å². The fraction of sp³-hybridized carbons (Fsp3) is 0.304. The maximum atomic E-state index is 13.9. The van der Waals surface area contributed by atoms with E-state index in [0.29, 0.717) is 16.8 Å². The third-order valence-electron chi connectivity index (χ3n) is 5.64.